The smallest absolute Gasteiger partial charge is 0.274 e. The number of hydrogen-bond acceptors (Lipinski definition) is 5. The molecule has 2 aromatic heterocycles. The Morgan fingerprint density at radius 2 is 1.94 bits per heavy atom. The van der Waals surface area contributed by atoms with Gasteiger partial charge in [-0.25, -0.2) is 4.68 Å². The molecule has 0 saturated carbocycles. The normalized spacial score (nSPS) is 11.7. The average molecular weight is 488 g/mol. The number of fused-ring (bicyclic) bond motifs is 1. The van der Waals surface area contributed by atoms with E-state index in [9.17, 15) is 9.59 Å². The molecule has 0 unspecified atom stereocenters. The molecule has 5 N–H and O–H groups in total. The van der Waals surface area contributed by atoms with Gasteiger partial charge in [0.05, 0.1) is 16.8 Å². The van der Waals surface area contributed by atoms with E-state index in [-0.39, 0.29) is 25.0 Å². The van der Waals surface area contributed by atoms with E-state index >= 15 is 0 Å². The summed E-state index contributed by atoms with van der Waals surface area (Å²) in [5.74, 6) is 10.7. The van der Waals surface area contributed by atoms with Crippen molar-refractivity contribution in [3.8, 4) is 0 Å². The number of nitrogen functional groups attached to an aromatic ring is 1. The molecule has 3 rings (SSSR count). The van der Waals surface area contributed by atoms with Gasteiger partial charge in [-0.3, -0.25) is 9.59 Å². The van der Waals surface area contributed by atoms with Crippen LogP contribution in [-0.4, -0.2) is 15.2 Å². The number of rotatable bonds is 6. The Bertz CT molecular complexity index is 1240. The summed E-state index contributed by atoms with van der Waals surface area (Å²) in [7, 11) is 0. The molecule has 0 atom stereocenters. The second-order valence-corrected chi connectivity index (χ2v) is 8.65. The maximum Gasteiger partial charge on any atom is 0.274 e. The summed E-state index contributed by atoms with van der Waals surface area (Å²) < 4.78 is 3.96. The van der Waals surface area contributed by atoms with Gasteiger partial charge in [-0.2, -0.15) is 5.11 Å². The number of aromatic nitrogens is 2. The number of carbonyl (C=O) groups excluding carboxylic acids is 1. The van der Waals surface area contributed by atoms with E-state index in [1.807, 2.05) is 19.2 Å². The first kappa shape index (κ1) is 22.5. The van der Waals surface area contributed by atoms with E-state index < -0.39 is 5.56 Å². The number of amides is 1. The van der Waals surface area contributed by atoms with Crippen LogP contribution in [-0.2, 0) is 13.1 Å². The van der Waals surface area contributed by atoms with Crippen LogP contribution in [0.5, 0.6) is 0 Å². The summed E-state index contributed by atoms with van der Waals surface area (Å²) in [5.41, 5.74) is 3.73. The SMILES string of the molecule is Cc1cc(CN=NN)n(N)c(=O)c1CNC(=O)c1cc(Br)cc2c1c(C)cn2C(C)C. The summed E-state index contributed by atoms with van der Waals surface area (Å²) >= 11 is 3.51. The summed E-state index contributed by atoms with van der Waals surface area (Å²) in [6.45, 7) is 8.11. The number of nitrogens with zero attached hydrogens (tertiary/aromatic N) is 4. The monoisotopic (exact) mass is 487 g/mol. The van der Waals surface area contributed by atoms with Crippen LogP contribution in [0.2, 0.25) is 0 Å². The van der Waals surface area contributed by atoms with Crippen LogP contribution in [0.4, 0.5) is 0 Å². The molecule has 1 aromatic carbocycles. The summed E-state index contributed by atoms with van der Waals surface area (Å²) in [5, 5.41) is 10.6. The second kappa shape index (κ2) is 8.93. The molecule has 31 heavy (non-hydrogen) atoms. The Morgan fingerprint density at radius 3 is 2.58 bits per heavy atom. The van der Waals surface area contributed by atoms with Crippen molar-refractivity contribution < 1.29 is 4.79 Å². The number of hydrogen-bond donors (Lipinski definition) is 3. The fraction of sp³-hybridized carbons (Fsp3) is 0.333. The fourth-order valence-electron chi connectivity index (χ4n) is 3.72. The molecule has 0 aliphatic rings. The molecular formula is C21H26BrN7O2. The minimum atomic E-state index is -0.399. The van der Waals surface area contributed by atoms with Gasteiger partial charge >= 0.3 is 0 Å². The number of pyridine rings is 1. The minimum Gasteiger partial charge on any atom is -0.348 e. The number of carbonyl (C=O) groups is 1. The molecule has 1 amide bonds. The van der Waals surface area contributed by atoms with Crippen LogP contribution in [0, 0.1) is 13.8 Å². The Balaban J connectivity index is 1.94. The molecule has 0 aliphatic heterocycles. The highest BCUT2D eigenvalue weighted by Crippen LogP contribution is 2.30. The van der Waals surface area contributed by atoms with Crippen LogP contribution < -0.4 is 22.6 Å². The van der Waals surface area contributed by atoms with Crippen molar-refractivity contribution in [2.45, 2.75) is 46.8 Å². The molecule has 2 heterocycles. The number of nitrogens with two attached hydrogens (primary N) is 2. The number of aryl methyl sites for hydroxylation is 2. The van der Waals surface area contributed by atoms with Gasteiger partial charge in [0.25, 0.3) is 11.5 Å². The van der Waals surface area contributed by atoms with Crippen LogP contribution >= 0.6 is 15.9 Å². The lowest BCUT2D eigenvalue weighted by Gasteiger charge is -2.14. The van der Waals surface area contributed by atoms with E-state index in [1.165, 1.54) is 0 Å². The molecule has 3 aromatic rings. The van der Waals surface area contributed by atoms with Crippen LogP contribution in [0.3, 0.4) is 0 Å². The van der Waals surface area contributed by atoms with Crippen molar-refractivity contribution in [1.29, 1.82) is 0 Å². The first-order valence-electron chi connectivity index (χ1n) is 9.80. The highest BCUT2D eigenvalue weighted by Gasteiger charge is 2.19. The highest BCUT2D eigenvalue weighted by molar-refractivity contribution is 9.10. The van der Waals surface area contributed by atoms with Gasteiger partial charge < -0.3 is 21.6 Å². The Morgan fingerprint density at radius 1 is 1.23 bits per heavy atom. The maximum atomic E-state index is 13.1. The van der Waals surface area contributed by atoms with Gasteiger partial charge in [0, 0.05) is 34.2 Å². The van der Waals surface area contributed by atoms with E-state index in [0.717, 1.165) is 25.6 Å². The molecular weight excluding hydrogens is 462 g/mol. The third kappa shape index (κ3) is 4.34. The summed E-state index contributed by atoms with van der Waals surface area (Å²) in [6.07, 6.45) is 2.05. The fourth-order valence-corrected chi connectivity index (χ4v) is 4.17. The second-order valence-electron chi connectivity index (χ2n) is 7.73. The predicted molar refractivity (Wildman–Crippen MR) is 124 cm³/mol. The minimum absolute atomic E-state index is 0.0529. The van der Waals surface area contributed by atoms with Gasteiger partial charge in [-0.1, -0.05) is 21.2 Å². The summed E-state index contributed by atoms with van der Waals surface area (Å²) in [6, 6.07) is 5.80. The van der Waals surface area contributed by atoms with Gasteiger partial charge in [0.1, 0.15) is 6.54 Å². The van der Waals surface area contributed by atoms with Crippen molar-refractivity contribution in [3.63, 3.8) is 0 Å². The van der Waals surface area contributed by atoms with Gasteiger partial charge in [-0.15, -0.1) is 0 Å². The van der Waals surface area contributed by atoms with Crippen LogP contribution in [0.25, 0.3) is 10.9 Å². The molecule has 0 spiro atoms. The zero-order valence-corrected chi connectivity index (χ0v) is 19.5. The first-order chi connectivity index (χ1) is 14.6. The van der Waals surface area contributed by atoms with E-state index in [2.05, 4.69) is 50.0 Å². The zero-order valence-electron chi connectivity index (χ0n) is 17.9. The van der Waals surface area contributed by atoms with Crippen molar-refractivity contribution in [1.82, 2.24) is 14.6 Å². The molecule has 0 radical (unpaired) electrons. The van der Waals surface area contributed by atoms with Crippen LogP contribution in [0.15, 0.2) is 44.0 Å². The van der Waals surface area contributed by atoms with Gasteiger partial charge in [-0.05, 0) is 57.0 Å². The lowest BCUT2D eigenvalue weighted by molar-refractivity contribution is 0.0952. The average Bonchev–Trinajstić information content (AvgIpc) is 3.05. The van der Waals surface area contributed by atoms with E-state index in [0.29, 0.717) is 22.4 Å². The topological polar surface area (TPSA) is 133 Å². The van der Waals surface area contributed by atoms with E-state index in [1.54, 1.807) is 19.1 Å². The lowest BCUT2D eigenvalue weighted by atomic mass is 10.1. The van der Waals surface area contributed by atoms with Crippen molar-refractivity contribution >= 4 is 32.7 Å². The number of nitrogens with one attached hydrogen (secondary N) is 1. The van der Waals surface area contributed by atoms with Crippen LogP contribution in [0.1, 0.15) is 52.6 Å². The Labute approximate surface area is 188 Å². The lowest BCUT2D eigenvalue weighted by Crippen LogP contribution is -2.36. The zero-order chi connectivity index (χ0) is 22.9. The number of halogens is 1. The maximum absolute atomic E-state index is 13.1. The Kier molecular flexibility index (Phi) is 6.49. The van der Waals surface area contributed by atoms with E-state index in [4.69, 9.17) is 11.7 Å². The quantitative estimate of drug-likeness (QED) is 0.279. The molecule has 10 heteroatoms. The van der Waals surface area contributed by atoms with Crippen molar-refractivity contribution in [2.24, 2.45) is 16.2 Å². The largest absolute Gasteiger partial charge is 0.348 e. The third-order valence-electron chi connectivity index (χ3n) is 5.27. The van der Waals surface area contributed by atoms with Gasteiger partial charge in [0.2, 0.25) is 0 Å². The highest BCUT2D eigenvalue weighted by atomic mass is 79.9. The molecule has 0 aliphatic carbocycles. The molecule has 0 saturated heterocycles. The summed E-state index contributed by atoms with van der Waals surface area (Å²) in [4.78, 5) is 25.8. The van der Waals surface area contributed by atoms with Gasteiger partial charge in [0.15, 0.2) is 0 Å². The standard InChI is InChI=1S/C21H26BrN7O2/c1-11(2)28-10-13(4)19-16(6-14(22)7-18(19)28)20(30)25-9-17-12(3)5-15(8-26-27-23)29(24)21(17)31/h5-7,10-11H,8-9,24H2,1-4H3,(H2,23,26)(H,25,30). The predicted octanol–water partition coefficient (Wildman–Crippen LogP) is 3.23. The molecule has 0 bridgehead atoms. The van der Waals surface area contributed by atoms with Crippen molar-refractivity contribution in [3.05, 3.63) is 67.2 Å². The Hall–Kier alpha value is -3.14. The number of benzene rings is 1. The third-order valence-corrected chi connectivity index (χ3v) is 5.73. The van der Waals surface area contributed by atoms with Crippen molar-refractivity contribution in [2.75, 3.05) is 5.84 Å². The molecule has 9 nitrogen and oxygen atoms in total. The first-order valence-corrected chi connectivity index (χ1v) is 10.6. The molecule has 164 valence electrons. The molecule has 0 fully saturated rings.